The number of benzene rings is 3. The number of nitrogens with zero attached hydrogens (tertiary/aromatic N) is 2. The number of methoxy groups -OCH3 is 1. The van der Waals surface area contributed by atoms with E-state index in [0.717, 1.165) is 31.2 Å². The maximum Gasteiger partial charge on any atom is 0.573 e. The van der Waals surface area contributed by atoms with E-state index in [0.29, 0.717) is 29.0 Å². The predicted molar refractivity (Wildman–Crippen MR) is 147 cm³/mol. The van der Waals surface area contributed by atoms with Gasteiger partial charge in [0.2, 0.25) is 0 Å². The Morgan fingerprint density at radius 2 is 1.69 bits per heavy atom. The number of pyridine rings is 1. The Hall–Kier alpha value is -4.30. The minimum absolute atomic E-state index is 0.239. The summed E-state index contributed by atoms with van der Waals surface area (Å²) >= 11 is 0. The molecule has 0 aliphatic carbocycles. The average molecular weight is 610 g/mol. The van der Waals surface area contributed by atoms with Gasteiger partial charge in [0, 0.05) is 30.3 Å². The van der Waals surface area contributed by atoms with Crippen LogP contribution in [0.3, 0.4) is 0 Å². The Morgan fingerprint density at radius 1 is 0.929 bits per heavy atom. The van der Waals surface area contributed by atoms with Crippen molar-refractivity contribution in [3.05, 3.63) is 72.7 Å². The summed E-state index contributed by atoms with van der Waals surface area (Å²) in [5.41, 5.74) is 0.249. The summed E-state index contributed by atoms with van der Waals surface area (Å²) < 4.78 is 102. The summed E-state index contributed by atoms with van der Waals surface area (Å²) in [6, 6.07) is 12.3. The maximum atomic E-state index is 15.1. The highest BCUT2D eigenvalue weighted by Crippen LogP contribution is 2.38. The molecule has 1 aromatic heterocycles. The molecule has 0 atom stereocenters. The van der Waals surface area contributed by atoms with Gasteiger partial charge in [-0.2, -0.15) is 0 Å². The summed E-state index contributed by atoms with van der Waals surface area (Å²) in [5, 5.41) is 0.500. The third-order valence-corrected chi connectivity index (χ3v) is 7.18. The highest BCUT2D eigenvalue weighted by Gasteiger charge is 2.34. The van der Waals surface area contributed by atoms with Crippen molar-refractivity contribution in [2.45, 2.75) is 17.7 Å². The molecule has 42 heavy (non-hydrogen) atoms. The molecule has 0 bridgehead atoms. The molecule has 0 aliphatic heterocycles. The Kier molecular flexibility index (Phi) is 9.27. The van der Waals surface area contributed by atoms with Gasteiger partial charge >= 0.3 is 6.36 Å². The first-order valence-corrected chi connectivity index (χ1v) is 13.9. The molecule has 0 aliphatic rings. The predicted octanol–water partition coefficient (Wildman–Crippen LogP) is 6.20. The van der Waals surface area contributed by atoms with Crippen LogP contribution in [-0.4, -0.2) is 59.0 Å². The fourth-order valence-electron chi connectivity index (χ4n) is 3.91. The summed E-state index contributed by atoms with van der Waals surface area (Å²) in [7, 11) is 0.840. The second-order valence-electron chi connectivity index (χ2n) is 9.18. The zero-order valence-electron chi connectivity index (χ0n) is 22.7. The quantitative estimate of drug-likeness (QED) is 0.150. The molecule has 0 unspecified atom stereocenters. The minimum Gasteiger partial charge on any atom is -0.493 e. The van der Waals surface area contributed by atoms with Crippen molar-refractivity contribution in [3.8, 4) is 28.7 Å². The Morgan fingerprint density at radius 3 is 2.38 bits per heavy atom. The number of alkyl halides is 3. The van der Waals surface area contributed by atoms with E-state index in [1.165, 1.54) is 43.6 Å². The molecule has 1 N–H and O–H groups in total. The van der Waals surface area contributed by atoms with Crippen LogP contribution < -0.4 is 23.7 Å². The topological polar surface area (TPSA) is 99.2 Å². The van der Waals surface area contributed by atoms with Crippen LogP contribution in [0.4, 0.5) is 23.2 Å². The third-order valence-electron chi connectivity index (χ3n) is 5.76. The SMILES string of the molecule is COc1cc2c(Oc3ccc(NS(=O)(=O)c4ccccc4OC(F)(F)F)cc3F)ccnc2cc1OCCCN(C)C. The minimum atomic E-state index is -5.11. The van der Waals surface area contributed by atoms with Crippen LogP contribution in [-0.2, 0) is 10.0 Å². The lowest BCUT2D eigenvalue weighted by Crippen LogP contribution is -2.20. The molecule has 0 amide bonds. The van der Waals surface area contributed by atoms with Crippen molar-refractivity contribution in [2.75, 3.05) is 39.1 Å². The first-order valence-electron chi connectivity index (χ1n) is 12.5. The Bertz CT molecular complexity index is 1670. The number of aromatic nitrogens is 1. The second kappa shape index (κ2) is 12.7. The van der Waals surface area contributed by atoms with Gasteiger partial charge < -0.3 is 23.8 Å². The molecule has 0 radical (unpaired) electrons. The van der Waals surface area contributed by atoms with Gasteiger partial charge in [0.25, 0.3) is 10.0 Å². The van der Waals surface area contributed by atoms with Crippen LogP contribution in [0.15, 0.2) is 71.8 Å². The van der Waals surface area contributed by atoms with Crippen molar-refractivity contribution in [3.63, 3.8) is 0 Å². The summed E-state index contributed by atoms with van der Waals surface area (Å²) in [6.45, 7) is 1.30. The van der Waals surface area contributed by atoms with E-state index in [4.69, 9.17) is 14.2 Å². The van der Waals surface area contributed by atoms with Crippen molar-refractivity contribution in [2.24, 2.45) is 0 Å². The van der Waals surface area contributed by atoms with Crippen LogP contribution in [0.2, 0.25) is 0 Å². The molecule has 1 heterocycles. The maximum absolute atomic E-state index is 15.1. The van der Waals surface area contributed by atoms with E-state index in [1.807, 2.05) is 19.0 Å². The molecular formula is C28H27F4N3O6S. The smallest absolute Gasteiger partial charge is 0.493 e. The summed E-state index contributed by atoms with van der Waals surface area (Å²) in [4.78, 5) is 5.60. The number of anilines is 1. The van der Waals surface area contributed by atoms with Gasteiger partial charge in [-0.25, -0.2) is 12.8 Å². The standard InChI is InChI=1S/C28H27F4N3O6S/c1-35(2)13-6-14-39-26-17-21-19(16-25(26)38-3)22(11-12-33-21)40-23-10-9-18(15-20(23)29)34-42(36,37)27-8-5-4-7-24(27)41-28(30,31)32/h4-5,7-12,15-17,34H,6,13-14H2,1-3H3. The molecule has 9 nitrogen and oxygen atoms in total. The Labute approximate surface area is 239 Å². The first-order chi connectivity index (χ1) is 19.9. The number of halogens is 4. The number of rotatable bonds is 12. The normalized spacial score (nSPS) is 11.9. The molecule has 4 aromatic rings. The van der Waals surface area contributed by atoms with E-state index < -0.39 is 32.8 Å². The van der Waals surface area contributed by atoms with Crippen LogP contribution in [0, 0.1) is 5.82 Å². The van der Waals surface area contributed by atoms with Crippen molar-refractivity contribution >= 4 is 26.6 Å². The van der Waals surface area contributed by atoms with E-state index in [-0.39, 0.29) is 17.2 Å². The summed E-state index contributed by atoms with van der Waals surface area (Å²) in [5.74, 6) is -0.964. The highest BCUT2D eigenvalue weighted by atomic mass is 32.2. The van der Waals surface area contributed by atoms with Gasteiger partial charge in [-0.3, -0.25) is 9.71 Å². The number of ether oxygens (including phenoxy) is 4. The van der Waals surface area contributed by atoms with Crippen molar-refractivity contribution in [1.29, 1.82) is 0 Å². The van der Waals surface area contributed by atoms with Gasteiger partial charge in [0.1, 0.15) is 16.4 Å². The van der Waals surface area contributed by atoms with E-state index >= 15 is 4.39 Å². The van der Waals surface area contributed by atoms with Gasteiger partial charge in [0.05, 0.1) is 24.9 Å². The zero-order valence-corrected chi connectivity index (χ0v) is 23.6. The fraction of sp³-hybridized carbons (Fsp3) is 0.250. The number of fused-ring (bicyclic) bond motifs is 1. The number of nitrogens with one attached hydrogen (secondary N) is 1. The molecule has 4 rings (SSSR count). The number of para-hydroxylation sites is 1. The van der Waals surface area contributed by atoms with Crippen LogP contribution >= 0.6 is 0 Å². The zero-order chi connectivity index (χ0) is 30.5. The second-order valence-corrected chi connectivity index (χ2v) is 10.8. The first kappa shape index (κ1) is 30.7. The highest BCUT2D eigenvalue weighted by molar-refractivity contribution is 7.92. The third kappa shape index (κ3) is 7.70. The van der Waals surface area contributed by atoms with E-state index in [2.05, 4.69) is 14.4 Å². The molecular weight excluding hydrogens is 582 g/mol. The monoisotopic (exact) mass is 609 g/mol. The summed E-state index contributed by atoms with van der Waals surface area (Å²) in [6.07, 6.45) is -2.84. The molecule has 0 saturated heterocycles. The molecule has 224 valence electrons. The fourth-order valence-corrected chi connectivity index (χ4v) is 5.09. The Balaban J connectivity index is 1.55. The average Bonchev–Trinajstić information content (AvgIpc) is 2.91. The molecule has 0 fully saturated rings. The van der Waals surface area contributed by atoms with Crippen LogP contribution in [0.25, 0.3) is 10.9 Å². The van der Waals surface area contributed by atoms with E-state index in [9.17, 15) is 21.6 Å². The number of hydrogen-bond donors (Lipinski definition) is 1. The largest absolute Gasteiger partial charge is 0.573 e. The van der Waals surface area contributed by atoms with Gasteiger partial charge in [-0.05, 0) is 56.9 Å². The lowest BCUT2D eigenvalue weighted by molar-refractivity contribution is -0.275. The molecule has 0 spiro atoms. The van der Waals surface area contributed by atoms with Gasteiger partial charge in [-0.1, -0.05) is 12.1 Å². The van der Waals surface area contributed by atoms with Crippen LogP contribution in [0.5, 0.6) is 28.7 Å². The van der Waals surface area contributed by atoms with Gasteiger partial charge in [-0.15, -0.1) is 13.2 Å². The lowest BCUT2D eigenvalue weighted by Gasteiger charge is -2.16. The van der Waals surface area contributed by atoms with Crippen molar-refractivity contribution in [1.82, 2.24) is 9.88 Å². The number of hydrogen-bond acceptors (Lipinski definition) is 8. The van der Waals surface area contributed by atoms with Crippen LogP contribution in [0.1, 0.15) is 6.42 Å². The van der Waals surface area contributed by atoms with E-state index in [1.54, 1.807) is 12.1 Å². The number of sulfonamides is 1. The molecule has 0 saturated carbocycles. The van der Waals surface area contributed by atoms with Crippen molar-refractivity contribution < 1.29 is 44.9 Å². The lowest BCUT2D eigenvalue weighted by atomic mass is 10.1. The van der Waals surface area contributed by atoms with Gasteiger partial charge in [0.15, 0.2) is 23.1 Å². The molecule has 3 aromatic carbocycles. The molecule has 14 heteroatoms.